The fourth-order valence-electron chi connectivity index (χ4n) is 1.60. The number of carbonyl (C=O) groups is 1. The Hall–Kier alpha value is -1.80. The minimum atomic E-state index is -0.128. The molecule has 1 amide bonds. The van der Waals surface area contributed by atoms with Gasteiger partial charge in [0.2, 0.25) is 0 Å². The van der Waals surface area contributed by atoms with Crippen LogP contribution in [0.4, 0.5) is 5.69 Å². The van der Waals surface area contributed by atoms with E-state index < -0.39 is 0 Å². The van der Waals surface area contributed by atoms with E-state index in [1.807, 2.05) is 31.2 Å². The van der Waals surface area contributed by atoms with E-state index in [0.29, 0.717) is 10.6 Å². The van der Waals surface area contributed by atoms with E-state index >= 15 is 0 Å². The first-order chi connectivity index (χ1) is 9.47. The quantitative estimate of drug-likeness (QED) is 0.610. The van der Waals surface area contributed by atoms with E-state index in [2.05, 4.69) is 18.8 Å². The van der Waals surface area contributed by atoms with Crippen LogP contribution in [0.25, 0.3) is 0 Å². The van der Waals surface area contributed by atoms with Crippen LogP contribution in [0.1, 0.15) is 26.3 Å². The first-order valence-electron chi connectivity index (χ1n) is 6.55. The molecule has 0 aliphatic carbocycles. The molecular weight excluding hydrogens is 270 g/mol. The highest BCUT2D eigenvalue weighted by Crippen LogP contribution is 2.15. The van der Waals surface area contributed by atoms with Gasteiger partial charge in [-0.05, 0) is 49.6 Å². The maximum Gasteiger partial charge on any atom is 0.251 e. The molecule has 0 saturated carbocycles. The van der Waals surface area contributed by atoms with Gasteiger partial charge in [-0.3, -0.25) is 4.79 Å². The van der Waals surface area contributed by atoms with Gasteiger partial charge in [-0.1, -0.05) is 43.3 Å². The van der Waals surface area contributed by atoms with Crippen LogP contribution in [0, 0.1) is 0 Å². The summed E-state index contributed by atoms with van der Waals surface area (Å²) in [4.78, 5) is 12.1. The van der Waals surface area contributed by atoms with E-state index in [4.69, 9.17) is 11.6 Å². The lowest BCUT2D eigenvalue weighted by atomic mass is 10.1. The molecule has 0 fully saturated rings. The number of nitrogens with one attached hydrogen (secondary N) is 1. The Bertz CT molecular complexity index is 553. The maximum atomic E-state index is 12.1. The molecule has 0 heterocycles. The SMILES string of the molecule is C=C/C(Cl)=C\C(C)=C(/C)C(=O)Nc1ccc(CC)cc1. The first-order valence-corrected chi connectivity index (χ1v) is 6.93. The second kappa shape index (κ2) is 7.71. The van der Waals surface area contributed by atoms with Crippen LogP contribution in [-0.4, -0.2) is 5.91 Å². The molecule has 1 N–H and O–H groups in total. The number of rotatable bonds is 5. The molecule has 3 heteroatoms. The smallest absolute Gasteiger partial charge is 0.251 e. The summed E-state index contributed by atoms with van der Waals surface area (Å²) in [7, 11) is 0. The highest BCUT2D eigenvalue weighted by Gasteiger charge is 2.07. The van der Waals surface area contributed by atoms with Gasteiger partial charge in [0.1, 0.15) is 0 Å². The molecule has 0 bridgehead atoms. The van der Waals surface area contributed by atoms with E-state index in [9.17, 15) is 4.79 Å². The van der Waals surface area contributed by atoms with Crippen molar-refractivity contribution in [2.45, 2.75) is 27.2 Å². The Morgan fingerprint density at radius 3 is 2.40 bits per heavy atom. The summed E-state index contributed by atoms with van der Waals surface area (Å²) in [6.07, 6.45) is 4.25. The van der Waals surface area contributed by atoms with Crippen LogP contribution < -0.4 is 5.32 Å². The molecule has 0 aliphatic heterocycles. The lowest BCUT2D eigenvalue weighted by Crippen LogP contribution is -2.13. The zero-order valence-electron chi connectivity index (χ0n) is 12.2. The molecule has 0 unspecified atom stereocenters. The lowest BCUT2D eigenvalue weighted by molar-refractivity contribution is -0.112. The highest BCUT2D eigenvalue weighted by molar-refractivity contribution is 6.31. The van der Waals surface area contributed by atoms with Crippen molar-refractivity contribution in [3.63, 3.8) is 0 Å². The topological polar surface area (TPSA) is 29.1 Å². The van der Waals surface area contributed by atoms with Crippen LogP contribution in [0.3, 0.4) is 0 Å². The molecule has 0 spiro atoms. The molecule has 106 valence electrons. The monoisotopic (exact) mass is 289 g/mol. The van der Waals surface area contributed by atoms with E-state index in [1.54, 1.807) is 19.1 Å². The van der Waals surface area contributed by atoms with Gasteiger partial charge in [-0.15, -0.1) is 0 Å². The Balaban J connectivity index is 2.84. The maximum absolute atomic E-state index is 12.1. The summed E-state index contributed by atoms with van der Waals surface area (Å²) in [5.41, 5.74) is 3.48. The van der Waals surface area contributed by atoms with Crippen LogP contribution >= 0.6 is 11.6 Å². The molecule has 2 nitrogen and oxygen atoms in total. The fourth-order valence-corrected chi connectivity index (χ4v) is 1.77. The fraction of sp³-hybridized carbons (Fsp3) is 0.235. The third kappa shape index (κ3) is 4.71. The number of benzene rings is 1. The molecular formula is C17H20ClNO. The number of halogens is 1. The summed E-state index contributed by atoms with van der Waals surface area (Å²) >= 11 is 5.88. The molecule has 1 rings (SSSR count). The number of anilines is 1. The minimum absolute atomic E-state index is 0.128. The summed E-state index contributed by atoms with van der Waals surface area (Å²) < 4.78 is 0. The van der Waals surface area contributed by atoms with Gasteiger partial charge in [-0.2, -0.15) is 0 Å². The molecule has 0 saturated heterocycles. The second-order valence-corrected chi connectivity index (χ2v) is 4.98. The van der Waals surface area contributed by atoms with E-state index in [1.165, 1.54) is 5.56 Å². The van der Waals surface area contributed by atoms with Gasteiger partial charge >= 0.3 is 0 Å². The van der Waals surface area contributed by atoms with Gasteiger partial charge in [0.05, 0.1) is 0 Å². The highest BCUT2D eigenvalue weighted by atomic mass is 35.5. The van der Waals surface area contributed by atoms with Crippen molar-refractivity contribution in [2.75, 3.05) is 5.32 Å². The van der Waals surface area contributed by atoms with Crippen LogP contribution in [-0.2, 0) is 11.2 Å². The van der Waals surface area contributed by atoms with E-state index in [-0.39, 0.29) is 5.91 Å². The summed E-state index contributed by atoms with van der Waals surface area (Å²) in [5.74, 6) is -0.128. The third-order valence-corrected chi connectivity index (χ3v) is 3.36. The third-order valence-electron chi connectivity index (χ3n) is 3.10. The predicted octanol–water partition coefficient (Wildman–Crippen LogP) is 4.83. The van der Waals surface area contributed by atoms with Gasteiger partial charge in [0.15, 0.2) is 0 Å². The van der Waals surface area contributed by atoms with Crippen molar-refractivity contribution >= 4 is 23.2 Å². The first kappa shape index (κ1) is 16.3. The van der Waals surface area contributed by atoms with Crippen molar-refractivity contribution in [1.82, 2.24) is 0 Å². The van der Waals surface area contributed by atoms with Crippen molar-refractivity contribution < 1.29 is 4.79 Å². The predicted molar refractivity (Wildman–Crippen MR) is 87.0 cm³/mol. The normalized spacial score (nSPS) is 12.7. The average molecular weight is 290 g/mol. The molecule has 20 heavy (non-hydrogen) atoms. The molecule has 0 radical (unpaired) electrons. The molecule has 0 atom stereocenters. The number of carbonyl (C=O) groups excluding carboxylic acids is 1. The van der Waals surface area contributed by atoms with Crippen LogP contribution in [0.2, 0.25) is 0 Å². The summed E-state index contributed by atoms with van der Waals surface area (Å²) in [6.45, 7) is 9.30. The average Bonchev–Trinajstić information content (AvgIpc) is 2.46. The number of allylic oxidation sites excluding steroid dienone is 4. The number of hydrogen-bond acceptors (Lipinski definition) is 1. The van der Waals surface area contributed by atoms with Gasteiger partial charge < -0.3 is 5.32 Å². The Kier molecular flexibility index (Phi) is 6.26. The standard InChI is InChI=1S/C17H20ClNO/c1-5-14-7-9-16(10-8-14)19-17(20)13(4)12(3)11-15(18)6-2/h6-11H,2,5H2,1,3-4H3,(H,19,20)/b13-12+,15-11+. The Morgan fingerprint density at radius 1 is 1.30 bits per heavy atom. The van der Waals surface area contributed by atoms with Gasteiger partial charge in [0, 0.05) is 16.3 Å². The molecule has 0 aliphatic rings. The van der Waals surface area contributed by atoms with Crippen molar-refractivity contribution in [1.29, 1.82) is 0 Å². The number of hydrogen-bond donors (Lipinski definition) is 1. The Labute approximate surface area is 125 Å². The van der Waals surface area contributed by atoms with Crippen molar-refractivity contribution in [3.05, 3.63) is 64.7 Å². The number of amides is 1. The Morgan fingerprint density at radius 2 is 1.90 bits per heavy atom. The zero-order valence-corrected chi connectivity index (χ0v) is 12.9. The minimum Gasteiger partial charge on any atom is -0.322 e. The van der Waals surface area contributed by atoms with E-state index in [0.717, 1.165) is 17.7 Å². The van der Waals surface area contributed by atoms with Crippen LogP contribution in [0.15, 0.2) is 59.2 Å². The van der Waals surface area contributed by atoms with Crippen LogP contribution in [0.5, 0.6) is 0 Å². The zero-order chi connectivity index (χ0) is 15.1. The summed E-state index contributed by atoms with van der Waals surface area (Å²) in [5, 5.41) is 3.39. The molecule has 0 aromatic heterocycles. The second-order valence-electron chi connectivity index (χ2n) is 4.55. The molecule has 1 aromatic carbocycles. The summed E-state index contributed by atoms with van der Waals surface area (Å²) in [6, 6.07) is 7.84. The van der Waals surface area contributed by atoms with Gasteiger partial charge in [-0.25, -0.2) is 0 Å². The largest absolute Gasteiger partial charge is 0.322 e. The number of aryl methyl sites for hydroxylation is 1. The van der Waals surface area contributed by atoms with Crippen molar-refractivity contribution in [2.24, 2.45) is 0 Å². The van der Waals surface area contributed by atoms with Gasteiger partial charge in [0.25, 0.3) is 5.91 Å². The van der Waals surface area contributed by atoms with Crippen molar-refractivity contribution in [3.8, 4) is 0 Å². The lowest BCUT2D eigenvalue weighted by Gasteiger charge is -2.08. The molecule has 1 aromatic rings.